The third-order valence-electron chi connectivity index (χ3n) is 14.0. The molecule has 2 fully saturated rings. The molecule has 5 amide bonds. The first-order chi connectivity index (χ1) is 36.4. The number of imidazole rings is 2. The molecule has 0 radical (unpaired) electrons. The summed E-state index contributed by atoms with van der Waals surface area (Å²) in [5.74, 6) is 0.506. The molecule has 13 rings (SSSR count). The molecule has 2 aromatic heterocycles. The van der Waals surface area contributed by atoms with E-state index in [1.54, 1.807) is 45.6 Å². The van der Waals surface area contributed by atoms with Crippen LogP contribution in [0.2, 0.25) is 0 Å². The molecule has 0 atom stereocenters. The van der Waals surface area contributed by atoms with Crippen LogP contribution in [0.1, 0.15) is 110 Å². The number of rotatable bonds is 4. The van der Waals surface area contributed by atoms with Crippen LogP contribution in [-0.4, -0.2) is 135 Å². The minimum Gasteiger partial charge on any atom is -0.465 e. The van der Waals surface area contributed by atoms with Gasteiger partial charge >= 0.3 is 11.9 Å². The van der Waals surface area contributed by atoms with E-state index in [1.165, 1.54) is 57.7 Å². The second-order valence-electron chi connectivity index (χ2n) is 18.8. The van der Waals surface area contributed by atoms with Crippen LogP contribution in [-0.2, 0) is 52.7 Å². The SMILES string of the molecule is C.COC(=O)c1cccc2c1CCN1C(=O)CN=C(n3cnc(C4CC4)c3)C=C21.COC(=O)c1cccc2c1CCN1C(=O)CNC(=O)C=C21.O=C1C=C2c3cccc(Br)c3CCN2C(=O)CN1.c1ncc(C2CC2)[nH]1. The van der Waals surface area contributed by atoms with E-state index in [2.05, 4.69) is 46.5 Å². The highest BCUT2D eigenvalue weighted by Gasteiger charge is 2.34. The number of methoxy groups -OCH3 is 2. The number of aromatic amines is 1. The van der Waals surface area contributed by atoms with Crippen LogP contribution in [0.25, 0.3) is 17.1 Å². The van der Waals surface area contributed by atoms with Crippen LogP contribution < -0.4 is 10.6 Å². The smallest absolute Gasteiger partial charge is 0.338 e. The van der Waals surface area contributed by atoms with Crippen LogP contribution >= 0.6 is 15.9 Å². The summed E-state index contributed by atoms with van der Waals surface area (Å²) in [6.45, 7) is 1.74. The van der Waals surface area contributed by atoms with Gasteiger partial charge in [0.15, 0.2) is 0 Å². The molecule has 8 aliphatic rings. The van der Waals surface area contributed by atoms with Crippen molar-refractivity contribution in [1.82, 2.24) is 44.9 Å². The van der Waals surface area contributed by atoms with Crippen molar-refractivity contribution >= 4 is 80.3 Å². The fourth-order valence-electron chi connectivity index (χ4n) is 9.92. The standard InChI is InChI=1S/C21H20N4O3.C15H14N2O4.C13H11BrN2O2.C6H8N2.CH4/c1-28-21(27)16-4-2-3-15-14(16)7-8-25-18(15)9-19(22-10-20(25)26)24-11-17(23-12-24)13-5-6-13;1-21-15(20)11-4-2-3-10-9(11)5-6-17-12(10)7-13(18)16-8-14(17)19;14-10-3-1-2-9-8(10)4-5-16-11(9)6-12(17)15-7-13(16)18;1-2-5(1)6-3-7-4-8-6;/h2-4,9,11-13H,5-8,10H2,1H3;2-4,7H,5-6,8H2,1H3,(H,16,18);1-3,6H,4-5,7H2,(H,15,17);3-5H,1-2H2,(H,7,8);1H4. The van der Waals surface area contributed by atoms with Gasteiger partial charge in [-0.05, 0) is 79.8 Å². The summed E-state index contributed by atoms with van der Waals surface area (Å²) in [4.78, 5) is 105. The summed E-state index contributed by atoms with van der Waals surface area (Å²) >= 11 is 3.52. The first-order valence-electron chi connectivity index (χ1n) is 24.8. The number of hydrogen-bond donors (Lipinski definition) is 3. The molecule has 0 spiro atoms. The molecule has 392 valence electrons. The van der Waals surface area contributed by atoms with E-state index >= 15 is 0 Å². The van der Waals surface area contributed by atoms with Gasteiger partial charge in [0.25, 0.3) is 0 Å². The number of nitrogens with one attached hydrogen (secondary N) is 3. The van der Waals surface area contributed by atoms with E-state index in [4.69, 9.17) is 9.47 Å². The number of fused-ring (bicyclic) bond motifs is 9. The van der Waals surface area contributed by atoms with Crippen LogP contribution in [0.5, 0.6) is 0 Å². The first-order valence-corrected chi connectivity index (χ1v) is 25.6. The number of esters is 2. The summed E-state index contributed by atoms with van der Waals surface area (Å²) < 4.78 is 12.6. The van der Waals surface area contributed by atoms with Gasteiger partial charge in [0.2, 0.25) is 29.5 Å². The number of carbonyl (C=O) groups excluding carboxylic acids is 7. The lowest BCUT2D eigenvalue weighted by Crippen LogP contribution is -2.38. The molecule has 2 aliphatic carbocycles. The topological polar surface area (TPSA) is 231 Å². The van der Waals surface area contributed by atoms with Gasteiger partial charge in [-0.2, -0.15) is 0 Å². The molecule has 20 heteroatoms. The average Bonchev–Trinajstić information content (AvgIpc) is 4.40. The second-order valence-corrected chi connectivity index (χ2v) is 19.6. The Labute approximate surface area is 447 Å². The zero-order valence-corrected chi connectivity index (χ0v) is 42.9. The number of halogens is 1. The molecule has 76 heavy (non-hydrogen) atoms. The number of aliphatic imine (C=N–C) groups is 1. The maximum atomic E-state index is 12.7. The Kier molecular flexibility index (Phi) is 15.7. The van der Waals surface area contributed by atoms with Gasteiger partial charge < -0.3 is 39.8 Å². The molecule has 8 heterocycles. The monoisotopic (exact) mass is 1090 g/mol. The zero-order chi connectivity index (χ0) is 52.3. The Morgan fingerprint density at radius 1 is 0.645 bits per heavy atom. The van der Waals surface area contributed by atoms with Gasteiger partial charge in [0.1, 0.15) is 18.7 Å². The lowest BCUT2D eigenvalue weighted by atomic mass is 9.91. The quantitative estimate of drug-likeness (QED) is 0.183. The van der Waals surface area contributed by atoms with Crippen molar-refractivity contribution in [3.63, 3.8) is 0 Å². The molecule has 5 aromatic rings. The summed E-state index contributed by atoms with van der Waals surface area (Å²) in [7, 11) is 2.71. The number of benzene rings is 3. The van der Waals surface area contributed by atoms with E-state index in [1.807, 2.05) is 59.4 Å². The summed E-state index contributed by atoms with van der Waals surface area (Å²) in [5, 5.41) is 5.11. The molecule has 3 aromatic carbocycles. The van der Waals surface area contributed by atoms with Crippen LogP contribution in [0, 0.1) is 0 Å². The van der Waals surface area contributed by atoms with Crippen LogP contribution in [0.3, 0.4) is 0 Å². The molecule has 3 N–H and O–H groups in total. The van der Waals surface area contributed by atoms with Crippen LogP contribution in [0.15, 0.2) is 107 Å². The highest BCUT2D eigenvalue weighted by molar-refractivity contribution is 9.10. The molecule has 6 aliphatic heterocycles. The lowest BCUT2D eigenvalue weighted by molar-refractivity contribution is -0.128. The summed E-state index contributed by atoms with van der Waals surface area (Å²) in [5.41, 5.74) is 10.9. The minimum atomic E-state index is -0.412. The number of hydrogen-bond acceptors (Lipinski definition) is 12. The third kappa shape index (κ3) is 11.1. The van der Waals surface area contributed by atoms with Gasteiger partial charge in [0.05, 0.1) is 67.5 Å². The highest BCUT2D eigenvalue weighted by atomic mass is 79.9. The van der Waals surface area contributed by atoms with E-state index in [0.29, 0.717) is 66.8 Å². The number of H-pyrrole nitrogens is 1. The zero-order valence-electron chi connectivity index (χ0n) is 41.3. The van der Waals surface area contributed by atoms with Gasteiger partial charge in [-0.1, -0.05) is 59.8 Å². The highest BCUT2D eigenvalue weighted by Crippen LogP contribution is 2.40. The maximum absolute atomic E-state index is 12.7. The third-order valence-corrected chi connectivity index (χ3v) is 14.8. The Bertz CT molecular complexity index is 3280. The number of nitrogens with zero attached hydrogens (tertiary/aromatic N) is 7. The first kappa shape index (κ1) is 52.6. The van der Waals surface area contributed by atoms with E-state index in [0.717, 1.165) is 61.6 Å². The van der Waals surface area contributed by atoms with E-state index in [9.17, 15) is 33.6 Å². The van der Waals surface area contributed by atoms with Gasteiger partial charge in [-0.25, -0.2) is 19.6 Å². The normalized spacial score (nSPS) is 18.0. The predicted molar refractivity (Wildman–Crippen MR) is 285 cm³/mol. The molecule has 0 bridgehead atoms. The van der Waals surface area contributed by atoms with Crippen molar-refractivity contribution in [1.29, 1.82) is 0 Å². The largest absolute Gasteiger partial charge is 0.465 e. The molecular formula is C56H57BrN10O9. The Morgan fingerprint density at radius 3 is 1.66 bits per heavy atom. The van der Waals surface area contributed by atoms with Crippen molar-refractivity contribution in [3.05, 3.63) is 158 Å². The van der Waals surface area contributed by atoms with Crippen molar-refractivity contribution in [2.75, 3.05) is 53.5 Å². The predicted octanol–water partition coefficient (Wildman–Crippen LogP) is 5.79. The average molecular weight is 1090 g/mol. The molecule has 2 saturated carbocycles. The number of aromatic nitrogens is 4. The molecule has 0 unspecified atom stereocenters. The van der Waals surface area contributed by atoms with Crippen molar-refractivity contribution in [3.8, 4) is 0 Å². The van der Waals surface area contributed by atoms with Crippen molar-refractivity contribution < 1.29 is 43.0 Å². The second kappa shape index (κ2) is 22.7. The number of carbonyl (C=O) groups is 7. The van der Waals surface area contributed by atoms with Gasteiger partial charge in [-0.3, -0.25) is 33.5 Å². The van der Waals surface area contributed by atoms with Crippen molar-refractivity contribution in [2.24, 2.45) is 4.99 Å². The molecule has 0 saturated heterocycles. The number of ether oxygens (including phenoxy) is 2. The van der Waals surface area contributed by atoms with Crippen LogP contribution in [0.4, 0.5) is 0 Å². The lowest BCUT2D eigenvalue weighted by Gasteiger charge is -2.31. The van der Waals surface area contributed by atoms with E-state index in [-0.39, 0.29) is 62.6 Å². The Hall–Kier alpha value is -8.26. The number of allylic oxidation sites excluding steroid dienone is 1. The Morgan fingerprint density at radius 2 is 1.14 bits per heavy atom. The fourth-order valence-corrected chi connectivity index (χ4v) is 10.5. The fraction of sp³-hybridized carbons (Fsp3) is 0.321. The number of amides is 5. The Balaban J connectivity index is 0.000000131. The van der Waals surface area contributed by atoms with E-state index < -0.39 is 5.97 Å². The van der Waals surface area contributed by atoms with Gasteiger partial charge in [-0.15, -0.1) is 0 Å². The van der Waals surface area contributed by atoms with Gasteiger partial charge in [0, 0.05) is 88.9 Å². The summed E-state index contributed by atoms with van der Waals surface area (Å²) in [6, 6.07) is 16.6. The maximum Gasteiger partial charge on any atom is 0.338 e. The molecular weight excluding hydrogens is 1040 g/mol. The summed E-state index contributed by atoms with van der Waals surface area (Å²) in [6.07, 6.45) is 19.3. The van der Waals surface area contributed by atoms with Crippen molar-refractivity contribution in [2.45, 2.75) is 64.2 Å². The minimum absolute atomic E-state index is 0. The molecule has 19 nitrogen and oxygen atoms in total.